The van der Waals surface area contributed by atoms with E-state index in [2.05, 4.69) is 11.8 Å². The summed E-state index contributed by atoms with van der Waals surface area (Å²) in [5.41, 5.74) is 0. The summed E-state index contributed by atoms with van der Waals surface area (Å²) in [6.07, 6.45) is 1.19. The van der Waals surface area contributed by atoms with Crippen molar-refractivity contribution in [1.29, 1.82) is 0 Å². The van der Waals surface area contributed by atoms with Gasteiger partial charge in [0.2, 0.25) is 0 Å². The molecule has 0 aliphatic carbocycles. The largest absolute Gasteiger partial charge is 0.449 e. The predicted octanol–water partition coefficient (Wildman–Crippen LogP) is 2.18. The Kier molecular flexibility index (Phi) is 7.97. The second-order valence-electron chi connectivity index (χ2n) is 2.38. The number of halogens is 2. The first-order valence-electron chi connectivity index (χ1n) is 4.00. The minimum Gasteiger partial charge on any atom is -0.449 e. The summed E-state index contributed by atoms with van der Waals surface area (Å²) < 4.78 is 4.80. The number of hydrogen-bond acceptors (Lipinski definition) is 2. The van der Waals surface area contributed by atoms with Gasteiger partial charge >= 0.3 is 5.97 Å². The summed E-state index contributed by atoms with van der Waals surface area (Å²) in [6, 6.07) is 0. The van der Waals surface area contributed by atoms with Gasteiger partial charge in [0.25, 0.3) is 0 Å². The molecule has 13 heavy (non-hydrogen) atoms. The van der Waals surface area contributed by atoms with Crippen molar-refractivity contribution in [2.45, 2.75) is 25.9 Å². The van der Waals surface area contributed by atoms with Crippen molar-refractivity contribution in [2.75, 3.05) is 11.8 Å². The Morgan fingerprint density at radius 1 is 1.54 bits per heavy atom. The molecule has 0 aromatic heterocycles. The van der Waals surface area contributed by atoms with Gasteiger partial charge in [0.05, 0.1) is 0 Å². The van der Waals surface area contributed by atoms with Crippen LogP contribution in [-0.2, 0) is 9.53 Å². The van der Waals surface area contributed by atoms with Crippen molar-refractivity contribution in [1.82, 2.24) is 0 Å². The molecule has 0 saturated heterocycles. The molecule has 2 nitrogen and oxygen atoms in total. The van der Waals surface area contributed by atoms with E-state index in [0.29, 0.717) is 5.88 Å². The van der Waals surface area contributed by atoms with Gasteiger partial charge in [-0.3, -0.25) is 4.79 Å². The highest BCUT2D eigenvalue weighted by Gasteiger charge is 2.03. The highest BCUT2D eigenvalue weighted by atomic mass is 35.5. The molecule has 0 fully saturated rings. The lowest BCUT2D eigenvalue weighted by atomic mass is 10.3. The van der Waals surface area contributed by atoms with Crippen LogP contribution in [0.15, 0.2) is 0 Å². The molecule has 0 aliphatic rings. The SMILES string of the molecule is CC(C#CCCCCl)OC(=O)CCl. The van der Waals surface area contributed by atoms with Crippen molar-refractivity contribution in [3.05, 3.63) is 0 Å². The molecule has 0 aromatic rings. The lowest BCUT2D eigenvalue weighted by Crippen LogP contribution is -2.13. The number of unbranched alkanes of at least 4 members (excludes halogenated alkanes) is 1. The highest BCUT2D eigenvalue weighted by Crippen LogP contribution is 1.93. The Hall–Kier alpha value is -0.390. The highest BCUT2D eigenvalue weighted by molar-refractivity contribution is 6.26. The van der Waals surface area contributed by atoms with Gasteiger partial charge in [-0.05, 0) is 13.3 Å². The minimum absolute atomic E-state index is 0.131. The molecule has 0 bridgehead atoms. The average Bonchev–Trinajstić information content (AvgIpc) is 2.12. The fourth-order valence-electron chi connectivity index (χ4n) is 0.629. The fourth-order valence-corrected chi connectivity index (χ4v) is 0.826. The van der Waals surface area contributed by atoms with Crippen LogP contribution in [0, 0.1) is 11.8 Å². The van der Waals surface area contributed by atoms with Gasteiger partial charge in [-0.15, -0.1) is 23.2 Å². The first-order chi connectivity index (χ1) is 6.20. The maximum Gasteiger partial charge on any atom is 0.322 e. The smallest absolute Gasteiger partial charge is 0.322 e. The van der Waals surface area contributed by atoms with E-state index in [0.717, 1.165) is 12.8 Å². The van der Waals surface area contributed by atoms with E-state index in [9.17, 15) is 4.79 Å². The molecule has 0 aromatic carbocycles. The van der Waals surface area contributed by atoms with Crippen LogP contribution in [0.2, 0.25) is 0 Å². The molecule has 0 N–H and O–H groups in total. The van der Waals surface area contributed by atoms with E-state index in [1.165, 1.54) is 0 Å². The van der Waals surface area contributed by atoms with E-state index < -0.39 is 5.97 Å². The van der Waals surface area contributed by atoms with Crippen LogP contribution in [-0.4, -0.2) is 23.8 Å². The molecule has 0 spiro atoms. The molecule has 74 valence electrons. The first kappa shape index (κ1) is 12.6. The Labute approximate surface area is 88.5 Å². The summed E-state index contributed by atoms with van der Waals surface area (Å²) in [4.78, 5) is 10.7. The summed E-state index contributed by atoms with van der Waals surface area (Å²) in [6.45, 7) is 1.71. The van der Waals surface area contributed by atoms with Gasteiger partial charge in [0, 0.05) is 12.3 Å². The maximum absolute atomic E-state index is 10.7. The predicted molar refractivity (Wildman–Crippen MR) is 54.0 cm³/mol. The normalized spacial score (nSPS) is 11.3. The van der Waals surface area contributed by atoms with Crippen LogP contribution in [0.4, 0.5) is 0 Å². The molecule has 0 amide bonds. The molecule has 0 heterocycles. The molecule has 0 radical (unpaired) electrons. The van der Waals surface area contributed by atoms with Crippen molar-refractivity contribution in [3.63, 3.8) is 0 Å². The molecule has 0 saturated carbocycles. The lowest BCUT2D eigenvalue weighted by molar-refractivity contribution is -0.142. The van der Waals surface area contributed by atoms with Crippen LogP contribution >= 0.6 is 23.2 Å². The number of esters is 1. The summed E-state index contributed by atoms with van der Waals surface area (Å²) in [5.74, 6) is 5.66. The monoisotopic (exact) mass is 222 g/mol. The van der Waals surface area contributed by atoms with Gasteiger partial charge in [-0.25, -0.2) is 0 Å². The lowest BCUT2D eigenvalue weighted by Gasteiger charge is -2.03. The number of carbonyl (C=O) groups excluding carboxylic acids is 1. The van der Waals surface area contributed by atoms with Crippen LogP contribution in [0.1, 0.15) is 19.8 Å². The van der Waals surface area contributed by atoms with Gasteiger partial charge in [-0.2, -0.15) is 0 Å². The topological polar surface area (TPSA) is 26.3 Å². The van der Waals surface area contributed by atoms with Gasteiger partial charge < -0.3 is 4.74 Å². The van der Waals surface area contributed by atoms with Crippen LogP contribution in [0.5, 0.6) is 0 Å². The molecular weight excluding hydrogens is 211 g/mol. The zero-order valence-corrected chi connectivity index (χ0v) is 8.99. The number of alkyl halides is 2. The molecule has 0 aliphatic heterocycles. The molecule has 1 atom stereocenters. The van der Waals surface area contributed by atoms with E-state index in [1.807, 2.05) is 0 Å². The minimum atomic E-state index is -0.444. The Bertz CT molecular complexity index is 205. The number of ether oxygens (including phenoxy) is 1. The summed E-state index contributed by atoms with van der Waals surface area (Å²) >= 11 is 10.7. The third kappa shape index (κ3) is 7.95. The van der Waals surface area contributed by atoms with Crippen LogP contribution < -0.4 is 0 Å². The van der Waals surface area contributed by atoms with E-state index in [4.69, 9.17) is 27.9 Å². The van der Waals surface area contributed by atoms with E-state index in [1.54, 1.807) is 6.92 Å². The third-order valence-electron chi connectivity index (χ3n) is 1.16. The fraction of sp³-hybridized carbons (Fsp3) is 0.667. The molecule has 4 heteroatoms. The zero-order valence-electron chi connectivity index (χ0n) is 7.48. The number of carbonyl (C=O) groups is 1. The van der Waals surface area contributed by atoms with Crippen LogP contribution in [0.3, 0.4) is 0 Å². The average molecular weight is 223 g/mol. The molecule has 1 unspecified atom stereocenters. The maximum atomic E-state index is 10.7. The quantitative estimate of drug-likeness (QED) is 0.316. The first-order valence-corrected chi connectivity index (χ1v) is 5.07. The summed E-state index contributed by atoms with van der Waals surface area (Å²) in [7, 11) is 0. The Morgan fingerprint density at radius 3 is 2.77 bits per heavy atom. The van der Waals surface area contributed by atoms with Gasteiger partial charge in [-0.1, -0.05) is 11.8 Å². The van der Waals surface area contributed by atoms with E-state index >= 15 is 0 Å². The Morgan fingerprint density at radius 2 is 2.23 bits per heavy atom. The second kappa shape index (κ2) is 8.22. The van der Waals surface area contributed by atoms with Crippen molar-refractivity contribution in [3.8, 4) is 11.8 Å². The van der Waals surface area contributed by atoms with Crippen molar-refractivity contribution >= 4 is 29.2 Å². The number of rotatable bonds is 4. The number of hydrogen-bond donors (Lipinski definition) is 0. The molecular formula is C9H12Cl2O2. The van der Waals surface area contributed by atoms with Crippen molar-refractivity contribution < 1.29 is 9.53 Å². The van der Waals surface area contributed by atoms with Gasteiger partial charge in [0.15, 0.2) is 6.10 Å². The van der Waals surface area contributed by atoms with Crippen LogP contribution in [0.25, 0.3) is 0 Å². The molecule has 0 rings (SSSR count). The van der Waals surface area contributed by atoms with Gasteiger partial charge in [0.1, 0.15) is 5.88 Å². The zero-order chi connectivity index (χ0) is 10.1. The third-order valence-corrected chi connectivity index (χ3v) is 1.64. The van der Waals surface area contributed by atoms with E-state index in [-0.39, 0.29) is 12.0 Å². The standard InChI is InChI=1S/C9H12Cl2O2/c1-8(13-9(12)7-11)5-3-2-4-6-10/h8H,2,4,6-7H2,1H3. The second-order valence-corrected chi connectivity index (χ2v) is 3.02. The summed E-state index contributed by atoms with van der Waals surface area (Å²) in [5, 5.41) is 0. The van der Waals surface area contributed by atoms with Crippen molar-refractivity contribution in [2.24, 2.45) is 0 Å². The Balaban J connectivity index is 3.63.